The van der Waals surface area contributed by atoms with Gasteiger partial charge < -0.3 is 20.3 Å². The van der Waals surface area contributed by atoms with E-state index in [0.717, 1.165) is 61.6 Å². The maximum Gasteiger partial charge on any atom is 0.191 e. The Labute approximate surface area is 180 Å². The average molecular weight is 410 g/mol. The molecular weight excluding hydrogens is 374 g/mol. The number of aliphatic imine (C=N–C) groups is 1. The maximum atomic E-state index is 5.21. The Bertz CT molecular complexity index is 780. The number of pyridine rings is 1. The molecule has 6 heteroatoms. The molecule has 2 N–H and O–H groups in total. The molecule has 0 aliphatic carbocycles. The molecule has 0 radical (unpaired) electrons. The lowest BCUT2D eigenvalue weighted by molar-refractivity contribution is 0.414. The number of rotatable bonds is 8. The van der Waals surface area contributed by atoms with E-state index in [4.69, 9.17) is 9.73 Å². The summed E-state index contributed by atoms with van der Waals surface area (Å²) in [4.78, 5) is 11.8. The van der Waals surface area contributed by atoms with E-state index in [-0.39, 0.29) is 0 Å². The van der Waals surface area contributed by atoms with E-state index in [0.29, 0.717) is 6.54 Å². The van der Waals surface area contributed by atoms with Crippen LogP contribution in [0.4, 0.5) is 5.82 Å². The van der Waals surface area contributed by atoms with E-state index in [1.165, 1.54) is 18.4 Å². The van der Waals surface area contributed by atoms with Crippen molar-refractivity contribution in [3.63, 3.8) is 0 Å². The molecule has 0 saturated carbocycles. The van der Waals surface area contributed by atoms with Crippen LogP contribution in [0.25, 0.3) is 0 Å². The number of methoxy groups -OCH3 is 1. The Kier molecular flexibility index (Phi) is 8.36. The first-order valence-electron chi connectivity index (χ1n) is 11.0. The third-order valence-electron chi connectivity index (χ3n) is 5.55. The van der Waals surface area contributed by atoms with E-state index in [2.05, 4.69) is 58.6 Å². The van der Waals surface area contributed by atoms with Gasteiger partial charge in [0.05, 0.1) is 13.7 Å². The standard InChI is InChI=1S/C24H35N5O/c1-4-25-24(26-14-11-20-5-8-22(30-3)9-6-20)28-18-21-7-10-23(27-17-21)29-15-12-19(2)13-16-29/h5-10,17,19H,4,11-16,18H2,1-3H3,(H2,25,26,28). The molecule has 0 atom stereocenters. The van der Waals surface area contributed by atoms with Gasteiger partial charge in [-0.3, -0.25) is 0 Å². The molecule has 0 unspecified atom stereocenters. The first-order valence-corrected chi connectivity index (χ1v) is 11.0. The molecule has 30 heavy (non-hydrogen) atoms. The van der Waals surface area contributed by atoms with E-state index in [1.807, 2.05) is 18.3 Å². The van der Waals surface area contributed by atoms with Gasteiger partial charge >= 0.3 is 0 Å². The number of piperidine rings is 1. The molecule has 1 fully saturated rings. The topological polar surface area (TPSA) is 61.8 Å². The highest BCUT2D eigenvalue weighted by atomic mass is 16.5. The zero-order valence-corrected chi connectivity index (χ0v) is 18.5. The van der Waals surface area contributed by atoms with Gasteiger partial charge in [0.1, 0.15) is 11.6 Å². The molecule has 1 aliphatic heterocycles. The van der Waals surface area contributed by atoms with Gasteiger partial charge in [-0.1, -0.05) is 25.1 Å². The van der Waals surface area contributed by atoms with Gasteiger partial charge in [-0.15, -0.1) is 0 Å². The molecule has 162 valence electrons. The first-order chi connectivity index (χ1) is 14.7. The van der Waals surface area contributed by atoms with Crippen molar-refractivity contribution in [2.75, 3.05) is 38.2 Å². The lowest BCUT2D eigenvalue weighted by Crippen LogP contribution is -2.38. The van der Waals surface area contributed by atoms with Crippen LogP contribution in [0.15, 0.2) is 47.6 Å². The zero-order valence-electron chi connectivity index (χ0n) is 18.5. The number of nitrogens with one attached hydrogen (secondary N) is 2. The monoisotopic (exact) mass is 409 g/mol. The van der Waals surface area contributed by atoms with Crippen LogP contribution in [0.1, 0.15) is 37.8 Å². The van der Waals surface area contributed by atoms with Crippen LogP contribution in [0.5, 0.6) is 5.75 Å². The number of hydrogen-bond acceptors (Lipinski definition) is 4. The summed E-state index contributed by atoms with van der Waals surface area (Å²) >= 11 is 0. The summed E-state index contributed by atoms with van der Waals surface area (Å²) in [5.74, 6) is 3.63. The van der Waals surface area contributed by atoms with Crippen LogP contribution in [-0.4, -0.2) is 44.2 Å². The Morgan fingerprint density at radius 3 is 2.47 bits per heavy atom. The molecule has 1 saturated heterocycles. The predicted octanol–water partition coefficient (Wildman–Crippen LogP) is 3.62. The fourth-order valence-electron chi connectivity index (χ4n) is 3.56. The molecule has 3 rings (SSSR count). The largest absolute Gasteiger partial charge is 0.497 e. The Morgan fingerprint density at radius 1 is 1.10 bits per heavy atom. The van der Waals surface area contributed by atoms with Gasteiger partial charge in [0, 0.05) is 32.4 Å². The van der Waals surface area contributed by atoms with E-state index in [9.17, 15) is 0 Å². The normalized spacial score (nSPS) is 15.2. The third kappa shape index (κ3) is 6.65. The van der Waals surface area contributed by atoms with Crippen LogP contribution in [0.3, 0.4) is 0 Å². The predicted molar refractivity (Wildman–Crippen MR) is 124 cm³/mol. The van der Waals surface area contributed by atoms with Crippen LogP contribution >= 0.6 is 0 Å². The van der Waals surface area contributed by atoms with Gasteiger partial charge in [-0.2, -0.15) is 0 Å². The third-order valence-corrected chi connectivity index (χ3v) is 5.55. The summed E-state index contributed by atoms with van der Waals surface area (Å²) in [6.45, 7) is 8.89. The Morgan fingerprint density at radius 2 is 1.83 bits per heavy atom. The minimum absolute atomic E-state index is 0.613. The summed E-state index contributed by atoms with van der Waals surface area (Å²) in [6, 6.07) is 12.5. The van der Waals surface area contributed by atoms with Crippen LogP contribution in [0.2, 0.25) is 0 Å². The lowest BCUT2D eigenvalue weighted by atomic mass is 9.99. The molecule has 0 spiro atoms. The van der Waals surface area contributed by atoms with Crippen molar-refractivity contribution in [2.24, 2.45) is 10.9 Å². The molecule has 2 heterocycles. The molecule has 1 aliphatic rings. The van der Waals surface area contributed by atoms with Crippen molar-refractivity contribution < 1.29 is 4.74 Å². The SMILES string of the molecule is CCNC(=NCc1ccc(N2CCC(C)CC2)nc1)NCCc1ccc(OC)cc1. The highest BCUT2D eigenvalue weighted by Gasteiger charge is 2.16. The van der Waals surface area contributed by atoms with Gasteiger partial charge in [0.2, 0.25) is 0 Å². The minimum atomic E-state index is 0.613. The van der Waals surface area contributed by atoms with E-state index < -0.39 is 0 Å². The summed E-state index contributed by atoms with van der Waals surface area (Å²) < 4.78 is 5.21. The van der Waals surface area contributed by atoms with Crippen LogP contribution in [0, 0.1) is 5.92 Å². The minimum Gasteiger partial charge on any atom is -0.497 e. The van der Waals surface area contributed by atoms with Crippen molar-refractivity contribution in [1.29, 1.82) is 0 Å². The van der Waals surface area contributed by atoms with Crippen LogP contribution in [-0.2, 0) is 13.0 Å². The smallest absolute Gasteiger partial charge is 0.191 e. The number of benzene rings is 1. The van der Waals surface area contributed by atoms with E-state index in [1.54, 1.807) is 7.11 Å². The van der Waals surface area contributed by atoms with Crippen molar-refractivity contribution in [1.82, 2.24) is 15.6 Å². The molecule has 6 nitrogen and oxygen atoms in total. The molecule has 0 bridgehead atoms. The van der Waals surface area contributed by atoms with Crippen molar-refractivity contribution in [2.45, 2.75) is 39.7 Å². The molecule has 1 aromatic heterocycles. The highest BCUT2D eigenvalue weighted by Crippen LogP contribution is 2.21. The number of hydrogen-bond donors (Lipinski definition) is 2. The van der Waals surface area contributed by atoms with Gasteiger partial charge in [-0.05, 0) is 61.4 Å². The molecule has 0 amide bonds. The fraction of sp³-hybridized carbons (Fsp3) is 0.500. The molecule has 1 aromatic carbocycles. The van der Waals surface area contributed by atoms with Crippen molar-refractivity contribution >= 4 is 11.8 Å². The second-order valence-corrected chi connectivity index (χ2v) is 7.91. The first kappa shape index (κ1) is 21.9. The average Bonchev–Trinajstić information content (AvgIpc) is 2.79. The van der Waals surface area contributed by atoms with E-state index >= 15 is 0 Å². The number of aromatic nitrogens is 1. The fourth-order valence-corrected chi connectivity index (χ4v) is 3.56. The number of ether oxygens (including phenoxy) is 1. The molecule has 2 aromatic rings. The summed E-state index contributed by atoms with van der Waals surface area (Å²) in [5.41, 5.74) is 2.39. The number of guanidine groups is 1. The molecular formula is C24H35N5O. The summed E-state index contributed by atoms with van der Waals surface area (Å²) in [5, 5.41) is 6.73. The summed E-state index contributed by atoms with van der Waals surface area (Å²) in [6.07, 6.45) is 5.39. The second kappa shape index (κ2) is 11.4. The maximum absolute atomic E-state index is 5.21. The van der Waals surface area contributed by atoms with Gasteiger partial charge in [-0.25, -0.2) is 9.98 Å². The lowest BCUT2D eigenvalue weighted by Gasteiger charge is -2.31. The van der Waals surface area contributed by atoms with Crippen molar-refractivity contribution in [3.8, 4) is 5.75 Å². The van der Waals surface area contributed by atoms with Crippen molar-refractivity contribution in [3.05, 3.63) is 53.7 Å². The number of nitrogens with zero attached hydrogens (tertiary/aromatic N) is 3. The van der Waals surface area contributed by atoms with Gasteiger partial charge in [0.15, 0.2) is 5.96 Å². The Balaban J connectivity index is 1.49. The van der Waals surface area contributed by atoms with Gasteiger partial charge in [0.25, 0.3) is 0 Å². The quantitative estimate of drug-likeness (QED) is 0.515. The summed E-state index contributed by atoms with van der Waals surface area (Å²) in [7, 11) is 1.69. The zero-order chi connectivity index (χ0) is 21.2. The number of anilines is 1. The second-order valence-electron chi connectivity index (χ2n) is 7.91. The Hall–Kier alpha value is -2.76. The highest BCUT2D eigenvalue weighted by molar-refractivity contribution is 5.79. The van der Waals surface area contributed by atoms with Crippen LogP contribution < -0.4 is 20.3 Å².